The van der Waals surface area contributed by atoms with Gasteiger partial charge >= 0.3 is 0 Å². The summed E-state index contributed by atoms with van der Waals surface area (Å²) in [6, 6.07) is 4.98. The van der Waals surface area contributed by atoms with Crippen LogP contribution in [0.3, 0.4) is 0 Å². The third kappa shape index (κ3) is 4.27. The van der Waals surface area contributed by atoms with E-state index in [-0.39, 0.29) is 10.8 Å². The summed E-state index contributed by atoms with van der Waals surface area (Å²) in [6.45, 7) is 2.88. The lowest BCUT2D eigenvalue weighted by Crippen LogP contribution is -2.37. The minimum absolute atomic E-state index is 0.123. The molecule has 3 heterocycles. The molecule has 2 aromatic heterocycles. The van der Waals surface area contributed by atoms with Crippen molar-refractivity contribution in [3.05, 3.63) is 33.9 Å². The van der Waals surface area contributed by atoms with E-state index in [9.17, 15) is 8.42 Å². The highest BCUT2D eigenvalue weighted by Gasteiger charge is 2.17. The van der Waals surface area contributed by atoms with E-state index >= 15 is 0 Å². The molecule has 0 unspecified atom stereocenters. The monoisotopic (exact) mass is 418 g/mol. The van der Waals surface area contributed by atoms with Gasteiger partial charge in [-0.05, 0) is 34.1 Å². The minimum atomic E-state index is -3.53. The van der Waals surface area contributed by atoms with Crippen molar-refractivity contribution < 1.29 is 13.2 Å². The number of hydrogen-bond acceptors (Lipinski definition) is 7. The Morgan fingerprint density at radius 2 is 2.09 bits per heavy atom. The molecule has 0 bridgehead atoms. The standard InChI is InChI=1S/C13H15BrN4O3S2/c14-11-1-2-12(22-11)23(19,20)16-9-10-3-4-15-13(17-10)18-5-7-21-8-6-18/h1-4,16H,5-9H2. The number of nitrogens with one attached hydrogen (secondary N) is 1. The molecule has 124 valence electrons. The zero-order valence-electron chi connectivity index (χ0n) is 12.1. The molecule has 0 aromatic carbocycles. The van der Waals surface area contributed by atoms with Crippen LogP contribution in [0.25, 0.3) is 0 Å². The molecule has 1 aliphatic rings. The maximum atomic E-state index is 12.2. The van der Waals surface area contributed by atoms with Crippen molar-refractivity contribution in [2.75, 3.05) is 31.2 Å². The Morgan fingerprint density at radius 3 is 2.78 bits per heavy atom. The van der Waals surface area contributed by atoms with Crippen LogP contribution in [-0.2, 0) is 21.3 Å². The molecule has 7 nitrogen and oxygen atoms in total. The summed E-state index contributed by atoms with van der Waals surface area (Å²) < 4.78 is 33.3. The first-order valence-electron chi connectivity index (χ1n) is 6.94. The molecule has 10 heteroatoms. The van der Waals surface area contributed by atoms with E-state index in [1.807, 2.05) is 4.90 Å². The van der Waals surface area contributed by atoms with Crippen LogP contribution in [0, 0.1) is 0 Å². The zero-order valence-corrected chi connectivity index (χ0v) is 15.3. The SMILES string of the molecule is O=S(=O)(NCc1ccnc(N2CCOCC2)n1)c1ccc(Br)s1. The lowest BCUT2D eigenvalue weighted by Gasteiger charge is -2.26. The molecule has 0 saturated carbocycles. The first-order valence-corrected chi connectivity index (χ1v) is 10.0. The summed E-state index contributed by atoms with van der Waals surface area (Å²) in [5.41, 5.74) is 0.626. The molecule has 1 saturated heterocycles. The summed E-state index contributed by atoms with van der Waals surface area (Å²) in [7, 11) is -3.53. The number of hydrogen-bond donors (Lipinski definition) is 1. The van der Waals surface area contributed by atoms with Gasteiger partial charge in [0.15, 0.2) is 0 Å². The number of sulfonamides is 1. The number of morpholine rings is 1. The van der Waals surface area contributed by atoms with Crippen molar-refractivity contribution >= 4 is 43.2 Å². The van der Waals surface area contributed by atoms with Gasteiger partial charge in [-0.2, -0.15) is 0 Å². The molecular formula is C13H15BrN4O3S2. The van der Waals surface area contributed by atoms with Gasteiger partial charge in [-0.1, -0.05) is 0 Å². The first-order chi connectivity index (χ1) is 11.0. The average molecular weight is 419 g/mol. The molecule has 3 rings (SSSR count). The quantitative estimate of drug-likeness (QED) is 0.793. The van der Waals surface area contributed by atoms with Crippen LogP contribution in [0.1, 0.15) is 5.69 Å². The Labute approximate surface area is 146 Å². The number of ether oxygens (including phenoxy) is 1. The Hall–Kier alpha value is -1.07. The van der Waals surface area contributed by atoms with E-state index < -0.39 is 10.0 Å². The van der Waals surface area contributed by atoms with Gasteiger partial charge in [-0.25, -0.2) is 23.1 Å². The topological polar surface area (TPSA) is 84.4 Å². The van der Waals surface area contributed by atoms with Crippen LogP contribution in [0.4, 0.5) is 5.95 Å². The van der Waals surface area contributed by atoms with Crippen molar-refractivity contribution in [1.82, 2.24) is 14.7 Å². The van der Waals surface area contributed by atoms with Gasteiger partial charge < -0.3 is 9.64 Å². The predicted molar refractivity (Wildman–Crippen MR) is 91.1 cm³/mol. The second-order valence-corrected chi connectivity index (χ2v) is 9.29. The van der Waals surface area contributed by atoms with E-state index in [4.69, 9.17) is 4.74 Å². The van der Waals surface area contributed by atoms with E-state index in [0.717, 1.165) is 16.9 Å². The van der Waals surface area contributed by atoms with Crippen molar-refractivity contribution in [1.29, 1.82) is 0 Å². The summed E-state index contributed by atoms with van der Waals surface area (Å²) in [4.78, 5) is 10.7. The fourth-order valence-corrected chi connectivity index (χ4v) is 5.13. The molecule has 1 aliphatic heterocycles. The smallest absolute Gasteiger partial charge is 0.250 e. The largest absolute Gasteiger partial charge is 0.378 e. The van der Waals surface area contributed by atoms with E-state index in [0.29, 0.717) is 24.9 Å². The highest BCUT2D eigenvalue weighted by Crippen LogP contribution is 2.25. The molecule has 1 fully saturated rings. The fourth-order valence-electron chi connectivity index (χ4n) is 2.08. The van der Waals surface area contributed by atoms with Crippen LogP contribution in [0.15, 0.2) is 32.4 Å². The molecule has 0 aliphatic carbocycles. The Bertz CT molecular complexity index is 775. The van der Waals surface area contributed by atoms with Crippen LogP contribution in [0.5, 0.6) is 0 Å². The molecule has 0 atom stereocenters. The van der Waals surface area contributed by atoms with Crippen molar-refractivity contribution in [3.8, 4) is 0 Å². The van der Waals surface area contributed by atoms with Gasteiger partial charge in [-0.15, -0.1) is 11.3 Å². The van der Waals surface area contributed by atoms with Crippen molar-refractivity contribution in [3.63, 3.8) is 0 Å². The maximum absolute atomic E-state index is 12.2. The molecule has 0 spiro atoms. The first kappa shape index (κ1) is 16.8. The molecule has 0 amide bonds. The normalized spacial score (nSPS) is 15.8. The van der Waals surface area contributed by atoms with Crippen molar-refractivity contribution in [2.45, 2.75) is 10.8 Å². The summed E-state index contributed by atoms with van der Waals surface area (Å²) in [6.07, 6.45) is 1.64. The highest BCUT2D eigenvalue weighted by molar-refractivity contribution is 9.11. The maximum Gasteiger partial charge on any atom is 0.250 e. The summed E-state index contributed by atoms with van der Waals surface area (Å²) in [5.74, 6) is 0.601. The number of nitrogens with zero attached hydrogens (tertiary/aromatic N) is 3. The van der Waals surface area contributed by atoms with Gasteiger partial charge in [0.05, 0.1) is 29.2 Å². The third-order valence-electron chi connectivity index (χ3n) is 3.25. The number of thiophene rings is 1. The van der Waals surface area contributed by atoms with Crippen LogP contribution in [-0.4, -0.2) is 44.7 Å². The van der Waals surface area contributed by atoms with Gasteiger partial charge in [0, 0.05) is 19.3 Å². The third-order valence-corrected chi connectivity index (χ3v) is 6.77. The molecule has 23 heavy (non-hydrogen) atoms. The molecule has 0 radical (unpaired) electrons. The van der Waals surface area contributed by atoms with Gasteiger partial charge in [0.1, 0.15) is 4.21 Å². The Kier molecular flexibility index (Phi) is 5.27. The molecular weight excluding hydrogens is 404 g/mol. The highest BCUT2D eigenvalue weighted by atomic mass is 79.9. The van der Waals surface area contributed by atoms with Crippen LogP contribution < -0.4 is 9.62 Å². The minimum Gasteiger partial charge on any atom is -0.378 e. The second-order valence-electron chi connectivity index (χ2n) is 4.83. The Balaban J connectivity index is 1.68. The average Bonchev–Trinajstić information content (AvgIpc) is 3.02. The lowest BCUT2D eigenvalue weighted by molar-refractivity contribution is 0.122. The van der Waals surface area contributed by atoms with E-state index in [1.165, 1.54) is 11.3 Å². The van der Waals surface area contributed by atoms with Gasteiger partial charge in [0.25, 0.3) is 0 Å². The number of rotatable bonds is 5. The van der Waals surface area contributed by atoms with Gasteiger partial charge in [0.2, 0.25) is 16.0 Å². The zero-order chi connectivity index (χ0) is 16.3. The van der Waals surface area contributed by atoms with Gasteiger partial charge in [-0.3, -0.25) is 0 Å². The van der Waals surface area contributed by atoms with E-state index in [2.05, 4.69) is 30.6 Å². The second kappa shape index (κ2) is 7.22. The Morgan fingerprint density at radius 1 is 1.30 bits per heavy atom. The molecule has 2 aromatic rings. The summed E-state index contributed by atoms with van der Waals surface area (Å²) >= 11 is 4.43. The summed E-state index contributed by atoms with van der Waals surface area (Å²) in [5, 5.41) is 0. The molecule has 1 N–H and O–H groups in total. The van der Waals surface area contributed by atoms with Crippen LogP contribution in [0.2, 0.25) is 0 Å². The predicted octanol–water partition coefficient (Wildman–Crippen LogP) is 1.62. The van der Waals surface area contributed by atoms with E-state index in [1.54, 1.807) is 24.4 Å². The van der Waals surface area contributed by atoms with Crippen molar-refractivity contribution in [2.24, 2.45) is 0 Å². The number of halogens is 1. The lowest BCUT2D eigenvalue weighted by atomic mass is 10.4. The fraction of sp³-hybridized carbons (Fsp3) is 0.385. The number of anilines is 1. The number of aromatic nitrogens is 2. The van der Waals surface area contributed by atoms with Crippen LogP contribution >= 0.6 is 27.3 Å².